The van der Waals surface area contributed by atoms with E-state index in [4.69, 9.17) is 9.26 Å². The van der Waals surface area contributed by atoms with Gasteiger partial charge in [-0.25, -0.2) is 0 Å². The summed E-state index contributed by atoms with van der Waals surface area (Å²) in [6, 6.07) is 9.91. The topological polar surface area (TPSA) is 71.7 Å². The normalized spacial score (nSPS) is 14.9. The van der Waals surface area contributed by atoms with Crippen LogP contribution in [0, 0.1) is 13.8 Å². The molecule has 1 aliphatic heterocycles. The number of piperazine rings is 1. The van der Waals surface area contributed by atoms with Crippen LogP contribution in [0.25, 0.3) is 10.7 Å². The number of nitrogens with zero attached hydrogens (tertiary/aromatic N) is 4. The quantitative estimate of drug-likeness (QED) is 0.619. The highest BCUT2D eigenvalue weighted by Gasteiger charge is 2.23. The first-order valence-electron chi connectivity index (χ1n) is 9.65. The number of thiophene rings is 1. The lowest BCUT2D eigenvalue weighted by atomic mass is 10.1. The molecule has 0 unspecified atom stereocenters. The minimum Gasteiger partial charge on any atom is -0.484 e. The van der Waals surface area contributed by atoms with Gasteiger partial charge in [-0.1, -0.05) is 28.9 Å². The molecule has 1 amide bonds. The van der Waals surface area contributed by atoms with Gasteiger partial charge in [0, 0.05) is 26.2 Å². The number of benzene rings is 1. The van der Waals surface area contributed by atoms with Gasteiger partial charge in [0.2, 0.25) is 11.7 Å². The highest BCUT2D eigenvalue weighted by atomic mass is 32.1. The minimum atomic E-state index is 0.0161. The Balaban J connectivity index is 1.24. The highest BCUT2D eigenvalue weighted by molar-refractivity contribution is 7.13. The van der Waals surface area contributed by atoms with Crippen molar-refractivity contribution in [1.82, 2.24) is 19.9 Å². The molecular formula is C21H24N4O3S. The van der Waals surface area contributed by atoms with Crippen LogP contribution in [0.2, 0.25) is 0 Å². The fourth-order valence-corrected chi connectivity index (χ4v) is 4.01. The summed E-state index contributed by atoms with van der Waals surface area (Å²) in [6.07, 6.45) is 0. The van der Waals surface area contributed by atoms with Crippen molar-refractivity contribution >= 4 is 17.2 Å². The fraction of sp³-hybridized carbons (Fsp3) is 0.381. The SMILES string of the molecule is Cc1ccc(OCC(=O)N2CCN(Cc3nc(-c4cccs4)no3)CC2)c(C)c1. The van der Waals surface area contributed by atoms with Crippen molar-refractivity contribution < 1.29 is 14.1 Å². The Morgan fingerprint density at radius 3 is 2.76 bits per heavy atom. The van der Waals surface area contributed by atoms with Gasteiger partial charge in [0.1, 0.15) is 5.75 Å². The monoisotopic (exact) mass is 412 g/mol. The Morgan fingerprint density at radius 2 is 2.03 bits per heavy atom. The lowest BCUT2D eigenvalue weighted by Crippen LogP contribution is -2.49. The largest absolute Gasteiger partial charge is 0.484 e. The van der Waals surface area contributed by atoms with E-state index in [1.807, 2.05) is 48.4 Å². The van der Waals surface area contributed by atoms with E-state index in [1.165, 1.54) is 5.56 Å². The molecule has 2 aromatic heterocycles. The Kier molecular flexibility index (Phi) is 5.92. The third-order valence-corrected chi connectivity index (χ3v) is 5.84. The predicted molar refractivity (Wildman–Crippen MR) is 111 cm³/mol. The fourth-order valence-electron chi connectivity index (χ4n) is 3.36. The number of rotatable bonds is 6. The van der Waals surface area contributed by atoms with Crippen LogP contribution in [0.5, 0.6) is 5.75 Å². The molecule has 0 saturated carbocycles. The maximum Gasteiger partial charge on any atom is 0.260 e. The van der Waals surface area contributed by atoms with Crippen molar-refractivity contribution in [2.24, 2.45) is 0 Å². The maximum atomic E-state index is 12.5. The second kappa shape index (κ2) is 8.75. The molecule has 0 aliphatic carbocycles. The molecule has 29 heavy (non-hydrogen) atoms. The van der Waals surface area contributed by atoms with Crippen LogP contribution in [0.1, 0.15) is 17.0 Å². The van der Waals surface area contributed by atoms with E-state index in [2.05, 4.69) is 21.1 Å². The summed E-state index contributed by atoms with van der Waals surface area (Å²) in [5.41, 5.74) is 2.23. The molecule has 0 radical (unpaired) electrons. The van der Waals surface area contributed by atoms with Crippen LogP contribution >= 0.6 is 11.3 Å². The molecule has 4 rings (SSSR count). The van der Waals surface area contributed by atoms with Crippen molar-refractivity contribution in [1.29, 1.82) is 0 Å². The Labute approximate surface area is 173 Å². The standard InChI is InChI=1S/C21H24N4O3S/c1-15-5-6-17(16(2)12-15)27-14-20(26)25-9-7-24(8-10-25)13-19-22-21(23-28-19)18-4-3-11-29-18/h3-6,11-12H,7-10,13-14H2,1-2H3. The number of ether oxygens (including phenoxy) is 1. The zero-order valence-corrected chi connectivity index (χ0v) is 17.4. The average molecular weight is 413 g/mol. The summed E-state index contributed by atoms with van der Waals surface area (Å²) in [5.74, 6) is 2.02. The number of aryl methyl sites for hydroxylation is 2. The predicted octanol–water partition coefficient (Wildman–Crippen LogP) is 3.14. The second-order valence-electron chi connectivity index (χ2n) is 7.20. The first-order valence-corrected chi connectivity index (χ1v) is 10.5. The van der Waals surface area contributed by atoms with E-state index in [9.17, 15) is 4.79 Å². The summed E-state index contributed by atoms with van der Waals surface area (Å²) >= 11 is 1.59. The maximum absolute atomic E-state index is 12.5. The van der Waals surface area contributed by atoms with Gasteiger partial charge in [-0.15, -0.1) is 11.3 Å². The molecule has 3 heterocycles. The lowest BCUT2D eigenvalue weighted by molar-refractivity contribution is -0.135. The molecule has 1 saturated heterocycles. The van der Waals surface area contributed by atoms with Gasteiger partial charge < -0.3 is 14.2 Å². The smallest absolute Gasteiger partial charge is 0.260 e. The van der Waals surface area contributed by atoms with Crippen LogP contribution < -0.4 is 4.74 Å². The summed E-state index contributed by atoms with van der Waals surface area (Å²) in [7, 11) is 0. The van der Waals surface area contributed by atoms with Gasteiger partial charge in [0.05, 0.1) is 11.4 Å². The third kappa shape index (κ3) is 4.83. The van der Waals surface area contributed by atoms with Crippen molar-refractivity contribution in [2.45, 2.75) is 20.4 Å². The molecule has 7 nitrogen and oxygen atoms in total. The van der Waals surface area contributed by atoms with E-state index < -0.39 is 0 Å². The van der Waals surface area contributed by atoms with Crippen LogP contribution in [0.15, 0.2) is 40.2 Å². The van der Waals surface area contributed by atoms with Crippen molar-refractivity contribution in [2.75, 3.05) is 32.8 Å². The molecule has 1 aliphatic rings. The number of amides is 1. The third-order valence-electron chi connectivity index (χ3n) is 4.98. The molecule has 1 aromatic carbocycles. The first kappa shape index (κ1) is 19.6. The second-order valence-corrected chi connectivity index (χ2v) is 8.15. The molecule has 152 valence electrons. The van der Waals surface area contributed by atoms with Crippen molar-refractivity contribution in [3.05, 3.63) is 52.7 Å². The van der Waals surface area contributed by atoms with Crippen LogP contribution in [-0.2, 0) is 11.3 Å². The zero-order valence-electron chi connectivity index (χ0n) is 16.6. The Bertz CT molecular complexity index is 962. The molecule has 8 heteroatoms. The Hall–Kier alpha value is -2.71. The van der Waals surface area contributed by atoms with Gasteiger partial charge in [-0.3, -0.25) is 9.69 Å². The van der Waals surface area contributed by atoms with Crippen LogP contribution in [-0.4, -0.2) is 58.6 Å². The van der Waals surface area contributed by atoms with Gasteiger partial charge >= 0.3 is 0 Å². The zero-order chi connectivity index (χ0) is 20.2. The van der Waals surface area contributed by atoms with E-state index in [-0.39, 0.29) is 12.5 Å². The number of carbonyl (C=O) groups excluding carboxylic acids is 1. The minimum absolute atomic E-state index is 0.0161. The first-order chi connectivity index (χ1) is 14.1. The van der Waals surface area contributed by atoms with Crippen LogP contribution in [0.4, 0.5) is 0 Å². The molecular weight excluding hydrogens is 388 g/mol. The van der Waals surface area contributed by atoms with Crippen LogP contribution in [0.3, 0.4) is 0 Å². The van der Waals surface area contributed by atoms with E-state index in [1.54, 1.807) is 11.3 Å². The Morgan fingerprint density at radius 1 is 1.21 bits per heavy atom. The average Bonchev–Trinajstić information content (AvgIpc) is 3.39. The van der Waals surface area contributed by atoms with Crippen molar-refractivity contribution in [3.63, 3.8) is 0 Å². The van der Waals surface area contributed by atoms with E-state index in [0.717, 1.165) is 29.3 Å². The summed E-state index contributed by atoms with van der Waals surface area (Å²) in [5, 5.41) is 6.04. The molecule has 0 N–H and O–H groups in total. The molecule has 1 fully saturated rings. The number of hydrogen-bond acceptors (Lipinski definition) is 7. The van der Waals surface area contributed by atoms with Gasteiger partial charge in [-0.05, 0) is 36.9 Å². The van der Waals surface area contributed by atoms with Gasteiger partial charge in [-0.2, -0.15) is 4.98 Å². The molecule has 0 atom stereocenters. The van der Waals surface area contributed by atoms with E-state index >= 15 is 0 Å². The van der Waals surface area contributed by atoms with Gasteiger partial charge in [0.25, 0.3) is 5.91 Å². The molecule has 0 bridgehead atoms. The highest BCUT2D eigenvalue weighted by Crippen LogP contribution is 2.22. The summed E-state index contributed by atoms with van der Waals surface area (Å²) in [4.78, 5) is 22.0. The lowest BCUT2D eigenvalue weighted by Gasteiger charge is -2.33. The summed E-state index contributed by atoms with van der Waals surface area (Å²) < 4.78 is 11.1. The van der Waals surface area contributed by atoms with E-state index in [0.29, 0.717) is 31.3 Å². The van der Waals surface area contributed by atoms with Crippen molar-refractivity contribution in [3.8, 4) is 16.5 Å². The number of carbonyl (C=O) groups is 1. The summed E-state index contributed by atoms with van der Waals surface area (Å²) in [6.45, 7) is 7.57. The number of hydrogen-bond donors (Lipinski definition) is 0. The molecule has 3 aromatic rings. The molecule has 0 spiro atoms. The number of aromatic nitrogens is 2. The van der Waals surface area contributed by atoms with Gasteiger partial charge in [0.15, 0.2) is 6.61 Å².